The zero-order chi connectivity index (χ0) is 11.3. The smallest absolute Gasteiger partial charge is 0.165 e. The summed E-state index contributed by atoms with van der Waals surface area (Å²) in [5.41, 5.74) is 4.16. The highest BCUT2D eigenvalue weighted by molar-refractivity contribution is 5.49. The zero-order valence-corrected chi connectivity index (χ0v) is 9.33. The van der Waals surface area contributed by atoms with Crippen LogP contribution in [0.2, 0.25) is 0 Å². The SMILES string of the molecule is CCc1cc(CNO)c(OC)c(OC)c1. The number of nitrogens with one attached hydrogen (secondary N) is 1. The van der Waals surface area contributed by atoms with Crippen molar-refractivity contribution in [2.75, 3.05) is 14.2 Å². The highest BCUT2D eigenvalue weighted by Crippen LogP contribution is 2.32. The molecule has 84 valence electrons. The Morgan fingerprint density at radius 2 is 2.00 bits per heavy atom. The predicted octanol–water partition coefficient (Wildman–Crippen LogP) is 1.74. The molecule has 0 saturated carbocycles. The highest BCUT2D eigenvalue weighted by Gasteiger charge is 2.11. The maximum Gasteiger partial charge on any atom is 0.165 e. The van der Waals surface area contributed by atoms with Gasteiger partial charge in [-0.05, 0) is 18.1 Å². The quantitative estimate of drug-likeness (QED) is 0.728. The number of ether oxygens (including phenoxy) is 2. The largest absolute Gasteiger partial charge is 0.493 e. The minimum Gasteiger partial charge on any atom is -0.493 e. The van der Waals surface area contributed by atoms with Gasteiger partial charge in [-0.1, -0.05) is 13.0 Å². The van der Waals surface area contributed by atoms with Crippen molar-refractivity contribution in [1.82, 2.24) is 5.48 Å². The van der Waals surface area contributed by atoms with Crippen LogP contribution in [0.1, 0.15) is 18.1 Å². The van der Waals surface area contributed by atoms with Crippen molar-refractivity contribution in [2.45, 2.75) is 19.9 Å². The van der Waals surface area contributed by atoms with Gasteiger partial charge < -0.3 is 14.7 Å². The number of hydrogen-bond acceptors (Lipinski definition) is 4. The third-order valence-electron chi connectivity index (χ3n) is 2.29. The molecule has 0 aliphatic rings. The Morgan fingerprint density at radius 1 is 1.27 bits per heavy atom. The maximum absolute atomic E-state index is 8.72. The van der Waals surface area contributed by atoms with Crippen LogP contribution < -0.4 is 15.0 Å². The number of aryl methyl sites for hydroxylation is 1. The van der Waals surface area contributed by atoms with Gasteiger partial charge in [-0.25, -0.2) is 5.48 Å². The number of hydroxylamine groups is 1. The normalized spacial score (nSPS) is 10.1. The van der Waals surface area contributed by atoms with Crippen LogP contribution in [0.4, 0.5) is 0 Å². The van der Waals surface area contributed by atoms with Gasteiger partial charge in [0.25, 0.3) is 0 Å². The molecule has 0 fully saturated rings. The molecule has 0 bridgehead atoms. The second kappa shape index (κ2) is 5.58. The van der Waals surface area contributed by atoms with Gasteiger partial charge >= 0.3 is 0 Å². The first-order chi connectivity index (χ1) is 7.26. The molecule has 0 amide bonds. The first-order valence-electron chi connectivity index (χ1n) is 4.87. The zero-order valence-electron chi connectivity index (χ0n) is 9.33. The van der Waals surface area contributed by atoms with Crippen molar-refractivity contribution in [3.8, 4) is 11.5 Å². The fourth-order valence-corrected chi connectivity index (χ4v) is 1.53. The molecule has 15 heavy (non-hydrogen) atoms. The highest BCUT2D eigenvalue weighted by atomic mass is 16.5. The number of benzene rings is 1. The van der Waals surface area contributed by atoms with E-state index in [1.165, 1.54) is 0 Å². The summed E-state index contributed by atoms with van der Waals surface area (Å²) < 4.78 is 10.5. The summed E-state index contributed by atoms with van der Waals surface area (Å²) in [5, 5.41) is 8.72. The monoisotopic (exact) mass is 211 g/mol. The molecule has 0 spiro atoms. The van der Waals surface area contributed by atoms with Gasteiger partial charge in [0.2, 0.25) is 0 Å². The van der Waals surface area contributed by atoms with Crippen molar-refractivity contribution >= 4 is 0 Å². The molecule has 0 unspecified atom stereocenters. The van der Waals surface area contributed by atoms with Gasteiger partial charge in [0.1, 0.15) is 0 Å². The maximum atomic E-state index is 8.72. The van der Waals surface area contributed by atoms with E-state index in [0.717, 1.165) is 17.5 Å². The summed E-state index contributed by atoms with van der Waals surface area (Å²) in [6, 6.07) is 3.93. The van der Waals surface area contributed by atoms with Crippen molar-refractivity contribution in [1.29, 1.82) is 0 Å². The molecule has 0 atom stereocenters. The van der Waals surface area contributed by atoms with E-state index in [0.29, 0.717) is 18.0 Å². The molecule has 4 nitrogen and oxygen atoms in total. The average molecular weight is 211 g/mol. The van der Waals surface area contributed by atoms with Crippen molar-refractivity contribution in [3.63, 3.8) is 0 Å². The van der Waals surface area contributed by atoms with E-state index in [-0.39, 0.29) is 0 Å². The van der Waals surface area contributed by atoms with Gasteiger partial charge in [0.15, 0.2) is 11.5 Å². The predicted molar refractivity (Wildman–Crippen MR) is 57.6 cm³/mol. The Morgan fingerprint density at radius 3 is 2.47 bits per heavy atom. The second-order valence-electron chi connectivity index (χ2n) is 3.18. The Bertz CT molecular complexity index is 326. The fourth-order valence-electron chi connectivity index (χ4n) is 1.53. The third-order valence-corrected chi connectivity index (χ3v) is 2.29. The van der Waals surface area contributed by atoms with Crippen LogP contribution in [-0.4, -0.2) is 19.4 Å². The summed E-state index contributed by atoms with van der Waals surface area (Å²) in [7, 11) is 3.19. The number of rotatable bonds is 5. The van der Waals surface area contributed by atoms with Crippen LogP contribution in [0.25, 0.3) is 0 Å². The van der Waals surface area contributed by atoms with Crippen LogP contribution >= 0.6 is 0 Å². The molecular weight excluding hydrogens is 194 g/mol. The molecular formula is C11H17NO3. The lowest BCUT2D eigenvalue weighted by molar-refractivity contribution is 0.160. The lowest BCUT2D eigenvalue weighted by atomic mass is 10.1. The van der Waals surface area contributed by atoms with Gasteiger partial charge in [-0.2, -0.15) is 0 Å². The van der Waals surface area contributed by atoms with E-state index in [1.54, 1.807) is 14.2 Å². The van der Waals surface area contributed by atoms with Crippen molar-refractivity contribution in [2.24, 2.45) is 0 Å². The van der Waals surface area contributed by atoms with E-state index in [2.05, 4.69) is 12.4 Å². The van der Waals surface area contributed by atoms with Gasteiger partial charge in [-0.3, -0.25) is 0 Å². The van der Waals surface area contributed by atoms with Gasteiger partial charge in [0.05, 0.1) is 14.2 Å². The average Bonchev–Trinajstić information content (AvgIpc) is 2.28. The molecule has 1 aromatic carbocycles. The van der Waals surface area contributed by atoms with Gasteiger partial charge in [0, 0.05) is 12.1 Å². The summed E-state index contributed by atoms with van der Waals surface area (Å²) in [6.07, 6.45) is 0.915. The Labute approximate surface area is 89.8 Å². The minimum absolute atomic E-state index is 0.341. The Hall–Kier alpha value is -1.26. The first kappa shape index (κ1) is 11.8. The van der Waals surface area contributed by atoms with Crippen LogP contribution in [-0.2, 0) is 13.0 Å². The number of methoxy groups -OCH3 is 2. The minimum atomic E-state index is 0.341. The number of hydrogen-bond donors (Lipinski definition) is 2. The van der Waals surface area contributed by atoms with Gasteiger partial charge in [-0.15, -0.1) is 0 Å². The molecule has 1 rings (SSSR count). The van der Waals surface area contributed by atoms with E-state index in [1.807, 2.05) is 12.1 Å². The molecule has 0 aliphatic carbocycles. The molecule has 0 aliphatic heterocycles. The second-order valence-corrected chi connectivity index (χ2v) is 3.18. The van der Waals surface area contributed by atoms with E-state index >= 15 is 0 Å². The molecule has 4 heteroatoms. The standard InChI is InChI=1S/C11H17NO3/c1-4-8-5-9(7-12-13)11(15-3)10(6-8)14-2/h5-6,12-13H,4,7H2,1-3H3. The van der Waals surface area contributed by atoms with E-state index in [4.69, 9.17) is 14.7 Å². The topological polar surface area (TPSA) is 50.7 Å². The summed E-state index contributed by atoms with van der Waals surface area (Å²) >= 11 is 0. The lowest BCUT2D eigenvalue weighted by Gasteiger charge is -2.14. The van der Waals surface area contributed by atoms with Crippen LogP contribution in [0.15, 0.2) is 12.1 Å². The summed E-state index contributed by atoms with van der Waals surface area (Å²) in [4.78, 5) is 0. The fraction of sp³-hybridized carbons (Fsp3) is 0.455. The molecule has 0 aromatic heterocycles. The lowest BCUT2D eigenvalue weighted by Crippen LogP contribution is -2.08. The summed E-state index contributed by atoms with van der Waals surface area (Å²) in [6.45, 7) is 2.41. The molecule has 0 radical (unpaired) electrons. The van der Waals surface area contributed by atoms with Crippen LogP contribution in [0.3, 0.4) is 0 Å². The molecule has 0 saturated heterocycles. The van der Waals surface area contributed by atoms with Crippen LogP contribution in [0.5, 0.6) is 11.5 Å². The Kier molecular flexibility index (Phi) is 4.39. The molecule has 1 aromatic rings. The van der Waals surface area contributed by atoms with Crippen LogP contribution in [0, 0.1) is 0 Å². The first-order valence-corrected chi connectivity index (χ1v) is 4.87. The van der Waals surface area contributed by atoms with Crippen molar-refractivity contribution < 1.29 is 14.7 Å². The summed E-state index contributed by atoms with van der Waals surface area (Å²) in [5.74, 6) is 1.36. The van der Waals surface area contributed by atoms with E-state index < -0.39 is 0 Å². The third kappa shape index (κ3) is 2.61. The van der Waals surface area contributed by atoms with E-state index in [9.17, 15) is 0 Å². The molecule has 2 N–H and O–H groups in total. The van der Waals surface area contributed by atoms with Crippen molar-refractivity contribution in [3.05, 3.63) is 23.3 Å². The molecule has 0 heterocycles. The Balaban J connectivity index is 3.19.